The van der Waals surface area contributed by atoms with E-state index in [2.05, 4.69) is 10.6 Å². The van der Waals surface area contributed by atoms with Gasteiger partial charge in [-0.05, 0) is 38.6 Å². The number of hydrogen-bond donors (Lipinski definition) is 3. The number of nitrogens with one attached hydrogen (secondary N) is 2. The SMILES string of the molecule is CNC(c1ccc2c(c1)NC(=O)CO2)C(C)(C)O. The van der Waals surface area contributed by atoms with E-state index in [1.807, 2.05) is 12.1 Å². The molecule has 1 aromatic rings. The van der Waals surface area contributed by atoms with Crippen molar-refractivity contribution >= 4 is 11.6 Å². The van der Waals surface area contributed by atoms with Gasteiger partial charge in [-0.3, -0.25) is 4.79 Å². The average Bonchev–Trinajstić information content (AvgIpc) is 2.27. The lowest BCUT2D eigenvalue weighted by molar-refractivity contribution is -0.118. The Morgan fingerprint density at radius 2 is 2.22 bits per heavy atom. The molecule has 0 saturated carbocycles. The second-order valence-electron chi connectivity index (χ2n) is 4.97. The number of fused-ring (bicyclic) bond motifs is 1. The number of carbonyl (C=O) groups is 1. The zero-order valence-electron chi connectivity index (χ0n) is 10.8. The van der Waals surface area contributed by atoms with Gasteiger partial charge in [-0.1, -0.05) is 6.07 Å². The highest BCUT2D eigenvalue weighted by atomic mass is 16.5. The van der Waals surface area contributed by atoms with Gasteiger partial charge in [0.05, 0.1) is 17.3 Å². The third-order valence-electron chi connectivity index (χ3n) is 2.96. The molecule has 2 rings (SSSR count). The standard InChI is InChI=1S/C13H18N2O3/c1-13(2,17)12(14-3)8-4-5-10-9(6-8)15-11(16)7-18-10/h4-6,12,14,17H,7H2,1-3H3,(H,15,16). The Morgan fingerprint density at radius 1 is 1.50 bits per heavy atom. The maximum absolute atomic E-state index is 11.3. The van der Waals surface area contributed by atoms with Crippen molar-refractivity contribution in [2.24, 2.45) is 0 Å². The summed E-state index contributed by atoms with van der Waals surface area (Å²) in [6.07, 6.45) is 0. The first kappa shape index (κ1) is 12.9. The number of rotatable bonds is 3. The monoisotopic (exact) mass is 250 g/mol. The number of benzene rings is 1. The van der Waals surface area contributed by atoms with Crippen LogP contribution in [0.3, 0.4) is 0 Å². The molecule has 0 saturated heterocycles. The van der Waals surface area contributed by atoms with E-state index in [1.54, 1.807) is 27.0 Å². The number of hydrogen-bond acceptors (Lipinski definition) is 4. The molecule has 0 spiro atoms. The summed E-state index contributed by atoms with van der Waals surface area (Å²) >= 11 is 0. The predicted octanol–water partition coefficient (Wildman–Crippen LogP) is 1.05. The van der Waals surface area contributed by atoms with Gasteiger partial charge >= 0.3 is 0 Å². The van der Waals surface area contributed by atoms with Crippen molar-refractivity contribution in [2.45, 2.75) is 25.5 Å². The first-order valence-corrected chi connectivity index (χ1v) is 5.88. The second kappa shape index (κ2) is 4.59. The normalized spacial score (nSPS) is 16.6. The number of carbonyl (C=O) groups excluding carboxylic acids is 1. The van der Waals surface area contributed by atoms with Crippen LogP contribution in [0.2, 0.25) is 0 Å². The largest absolute Gasteiger partial charge is 0.482 e. The highest BCUT2D eigenvalue weighted by molar-refractivity contribution is 5.95. The summed E-state index contributed by atoms with van der Waals surface area (Å²) < 4.78 is 5.29. The molecular weight excluding hydrogens is 232 g/mol. The molecular formula is C13H18N2O3. The predicted molar refractivity (Wildman–Crippen MR) is 68.7 cm³/mol. The van der Waals surface area contributed by atoms with Crippen molar-refractivity contribution in [2.75, 3.05) is 19.0 Å². The summed E-state index contributed by atoms with van der Waals surface area (Å²) in [6, 6.07) is 5.29. The van der Waals surface area contributed by atoms with Gasteiger partial charge in [0.1, 0.15) is 5.75 Å². The van der Waals surface area contributed by atoms with Crippen LogP contribution in [0.15, 0.2) is 18.2 Å². The van der Waals surface area contributed by atoms with Gasteiger partial charge in [0.2, 0.25) is 0 Å². The summed E-state index contributed by atoms with van der Waals surface area (Å²) in [7, 11) is 1.79. The van der Waals surface area contributed by atoms with Gasteiger partial charge in [0, 0.05) is 0 Å². The molecule has 98 valence electrons. The van der Waals surface area contributed by atoms with Crippen LogP contribution in [0, 0.1) is 0 Å². The first-order chi connectivity index (χ1) is 8.41. The van der Waals surface area contributed by atoms with Gasteiger partial charge in [-0.25, -0.2) is 0 Å². The molecule has 18 heavy (non-hydrogen) atoms. The average molecular weight is 250 g/mol. The van der Waals surface area contributed by atoms with Crippen LogP contribution < -0.4 is 15.4 Å². The summed E-state index contributed by atoms with van der Waals surface area (Å²) in [5, 5.41) is 15.9. The minimum absolute atomic E-state index is 0.0489. The van der Waals surface area contributed by atoms with E-state index in [0.717, 1.165) is 5.56 Å². The smallest absolute Gasteiger partial charge is 0.262 e. The Balaban J connectivity index is 2.35. The fourth-order valence-corrected chi connectivity index (χ4v) is 2.21. The number of ether oxygens (including phenoxy) is 1. The van der Waals surface area contributed by atoms with E-state index < -0.39 is 5.60 Å². The molecule has 1 aliphatic heterocycles. The lowest BCUT2D eigenvalue weighted by atomic mass is 9.91. The van der Waals surface area contributed by atoms with Gasteiger partial charge in [0.25, 0.3) is 5.91 Å². The zero-order valence-corrected chi connectivity index (χ0v) is 10.8. The number of aliphatic hydroxyl groups is 1. The topological polar surface area (TPSA) is 70.6 Å². The highest BCUT2D eigenvalue weighted by Crippen LogP contribution is 2.33. The number of likely N-dealkylation sites (N-methyl/N-ethyl adjacent to an activating group) is 1. The van der Waals surface area contributed by atoms with Crippen LogP contribution in [-0.2, 0) is 4.79 Å². The first-order valence-electron chi connectivity index (χ1n) is 5.88. The maximum Gasteiger partial charge on any atom is 0.262 e. The van der Waals surface area contributed by atoms with Crippen LogP contribution in [0.5, 0.6) is 5.75 Å². The molecule has 0 fully saturated rings. The third kappa shape index (κ3) is 2.47. The van der Waals surface area contributed by atoms with Crippen LogP contribution in [0.1, 0.15) is 25.5 Å². The van der Waals surface area contributed by atoms with E-state index in [9.17, 15) is 9.90 Å². The Morgan fingerprint density at radius 3 is 2.83 bits per heavy atom. The summed E-state index contributed by atoms with van der Waals surface area (Å²) in [6.45, 7) is 3.53. The van der Waals surface area contributed by atoms with Crippen LogP contribution >= 0.6 is 0 Å². The van der Waals surface area contributed by atoms with E-state index in [0.29, 0.717) is 11.4 Å². The fraction of sp³-hybridized carbons (Fsp3) is 0.462. The molecule has 5 heteroatoms. The molecule has 0 bridgehead atoms. The second-order valence-corrected chi connectivity index (χ2v) is 4.97. The highest BCUT2D eigenvalue weighted by Gasteiger charge is 2.28. The van der Waals surface area contributed by atoms with Gasteiger partial charge in [0.15, 0.2) is 6.61 Å². The molecule has 0 aliphatic carbocycles. The molecule has 1 amide bonds. The molecule has 5 nitrogen and oxygen atoms in total. The minimum atomic E-state index is -0.900. The molecule has 1 aliphatic rings. The van der Waals surface area contributed by atoms with Crippen molar-refractivity contribution in [1.82, 2.24) is 5.32 Å². The molecule has 1 unspecified atom stereocenters. The Bertz CT molecular complexity index is 466. The van der Waals surface area contributed by atoms with E-state index >= 15 is 0 Å². The maximum atomic E-state index is 11.3. The molecule has 0 radical (unpaired) electrons. The van der Waals surface area contributed by atoms with Gasteiger partial charge in [-0.15, -0.1) is 0 Å². The van der Waals surface area contributed by atoms with Gasteiger partial charge < -0.3 is 20.5 Å². The molecule has 3 N–H and O–H groups in total. The van der Waals surface area contributed by atoms with Crippen molar-refractivity contribution in [3.8, 4) is 5.75 Å². The van der Waals surface area contributed by atoms with Crippen LogP contribution in [0.4, 0.5) is 5.69 Å². The van der Waals surface area contributed by atoms with E-state index in [-0.39, 0.29) is 18.6 Å². The van der Waals surface area contributed by atoms with Gasteiger partial charge in [-0.2, -0.15) is 0 Å². The van der Waals surface area contributed by atoms with E-state index in [1.165, 1.54) is 0 Å². The summed E-state index contributed by atoms with van der Waals surface area (Å²) in [5.74, 6) is 0.493. The van der Waals surface area contributed by atoms with Crippen molar-refractivity contribution in [3.05, 3.63) is 23.8 Å². The Kier molecular flexibility index (Phi) is 3.28. The van der Waals surface area contributed by atoms with E-state index in [4.69, 9.17) is 4.74 Å². The molecule has 1 aromatic carbocycles. The third-order valence-corrected chi connectivity index (χ3v) is 2.96. The lowest BCUT2D eigenvalue weighted by Crippen LogP contribution is -2.37. The van der Waals surface area contributed by atoms with Crippen LogP contribution in [0.25, 0.3) is 0 Å². The Labute approximate surface area is 106 Å². The van der Waals surface area contributed by atoms with Crippen molar-refractivity contribution in [1.29, 1.82) is 0 Å². The molecule has 1 heterocycles. The molecule has 1 atom stereocenters. The molecule has 0 aromatic heterocycles. The van der Waals surface area contributed by atoms with Crippen LogP contribution in [-0.4, -0.2) is 30.3 Å². The minimum Gasteiger partial charge on any atom is -0.482 e. The lowest BCUT2D eigenvalue weighted by Gasteiger charge is -2.30. The fourth-order valence-electron chi connectivity index (χ4n) is 2.21. The summed E-state index contributed by atoms with van der Waals surface area (Å²) in [4.78, 5) is 11.3. The summed E-state index contributed by atoms with van der Waals surface area (Å²) in [5.41, 5.74) is 0.644. The number of anilines is 1. The van der Waals surface area contributed by atoms with Crippen molar-refractivity contribution in [3.63, 3.8) is 0 Å². The zero-order chi connectivity index (χ0) is 13.3. The Hall–Kier alpha value is -1.59. The number of amides is 1. The quantitative estimate of drug-likeness (QED) is 0.750. The van der Waals surface area contributed by atoms with Crippen molar-refractivity contribution < 1.29 is 14.6 Å².